The molecule has 0 spiro atoms. The summed E-state index contributed by atoms with van der Waals surface area (Å²) in [7, 11) is 5.43. The summed E-state index contributed by atoms with van der Waals surface area (Å²) in [6.07, 6.45) is 0. The summed E-state index contributed by atoms with van der Waals surface area (Å²) in [6.45, 7) is 1.15. The molecule has 1 aromatic heterocycles. The van der Waals surface area contributed by atoms with Gasteiger partial charge in [0.15, 0.2) is 0 Å². The number of para-hydroxylation sites is 1. The van der Waals surface area contributed by atoms with E-state index < -0.39 is 4.92 Å². The van der Waals surface area contributed by atoms with Crippen LogP contribution in [0.3, 0.4) is 0 Å². The van der Waals surface area contributed by atoms with Gasteiger partial charge >= 0.3 is 0 Å². The summed E-state index contributed by atoms with van der Waals surface area (Å²) in [5.74, 6) is 0.423. The average Bonchev–Trinajstić information content (AvgIpc) is 3.19. The molecule has 3 rings (SSSR count). The average molecular weight is 408 g/mol. The summed E-state index contributed by atoms with van der Waals surface area (Å²) >= 11 is 0. The number of likely N-dealkylation sites (N-methyl/N-ethyl adjacent to an activating group) is 1. The van der Waals surface area contributed by atoms with E-state index in [0.717, 1.165) is 5.56 Å². The second-order valence-corrected chi connectivity index (χ2v) is 7.03. The summed E-state index contributed by atoms with van der Waals surface area (Å²) in [5.41, 5.74) is 2.58. The Labute approximate surface area is 174 Å². The molecule has 8 heteroatoms. The van der Waals surface area contributed by atoms with Gasteiger partial charge in [0.1, 0.15) is 5.75 Å². The van der Waals surface area contributed by atoms with E-state index >= 15 is 0 Å². The molecule has 0 bridgehead atoms. The molecule has 3 aromatic rings. The van der Waals surface area contributed by atoms with E-state index in [2.05, 4.69) is 10.3 Å². The fourth-order valence-electron chi connectivity index (χ4n) is 3.10. The van der Waals surface area contributed by atoms with Gasteiger partial charge in [0.25, 0.3) is 11.6 Å². The SMILES string of the molecule is COc1ccc(-c2cc(C(=O)NCCN(C)C)c(-c3ccccc3[N+](=O)[O-])[nH]2)cc1. The minimum absolute atomic E-state index is 0.0667. The van der Waals surface area contributed by atoms with E-state index in [4.69, 9.17) is 4.74 Å². The smallest absolute Gasteiger partial charge is 0.278 e. The Morgan fingerprint density at radius 2 is 1.87 bits per heavy atom. The van der Waals surface area contributed by atoms with Gasteiger partial charge < -0.3 is 19.9 Å². The molecular weight excluding hydrogens is 384 g/mol. The van der Waals surface area contributed by atoms with E-state index in [-0.39, 0.29) is 11.6 Å². The number of nitrogens with zero attached hydrogens (tertiary/aromatic N) is 2. The number of hydrogen-bond donors (Lipinski definition) is 2. The van der Waals surface area contributed by atoms with Crippen LogP contribution in [-0.4, -0.2) is 55.0 Å². The number of hydrogen-bond acceptors (Lipinski definition) is 5. The predicted octanol–water partition coefficient (Wildman–Crippen LogP) is 3.56. The van der Waals surface area contributed by atoms with E-state index in [1.807, 2.05) is 43.3 Å². The molecule has 0 fully saturated rings. The maximum Gasteiger partial charge on any atom is 0.278 e. The Bertz CT molecular complexity index is 1040. The van der Waals surface area contributed by atoms with Gasteiger partial charge in [-0.25, -0.2) is 0 Å². The highest BCUT2D eigenvalue weighted by Crippen LogP contribution is 2.34. The van der Waals surface area contributed by atoms with Crippen LogP contribution in [0.1, 0.15) is 10.4 Å². The first-order chi connectivity index (χ1) is 14.4. The Morgan fingerprint density at radius 3 is 2.50 bits per heavy atom. The van der Waals surface area contributed by atoms with Crippen LogP contribution in [0.4, 0.5) is 5.69 Å². The molecule has 156 valence electrons. The first-order valence-electron chi connectivity index (χ1n) is 9.45. The van der Waals surface area contributed by atoms with Crippen LogP contribution < -0.4 is 10.1 Å². The molecule has 1 amide bonds. The zero-order chi connectivity index (χ0) is 21.7. The zero-order valence-electron chi connectivity index (χ0n) is 17.1. The van der Waals surface area contributed by atoms with Gasteiger partial charge in [0.05, 0.1) is 28.9 Å². The molecule has 0 aliphatic carbocycles. The van der Waals surface area contributed by atoms with Crippen LogP contribution in [-0.2, 0) is 0 Å². The molecule has 2 aromatic carbocycles. The quantitative estimate of drug-likeness (QED) is 0.438. The summed E-state index contributed by atoms with van der Waals surface area (Å²) in [5, 5.41) is 14.4. The Hall–Kier alpha value is -3.65. The van der Waals surface area contributed by atoms with Crippen molar-refractivity contribution < 1.29 is 14.5 Å². The lowest BCUT2D eigenvalue weighted by Gasteiger charge is -2.10. The molecule has 0 saturated heterocycles. The molecule has 0 aliphatic heterocycles. The fourth-order valence-corrected chi connectivity index (χ4v) is 3.10. The van der Waals surface area contributed by atoms with Crippen molar-refractivity contribution in [3.63, 3.8) is 0 Å². The van der Waals surface area contributed by atoms with Crippen molar-refractivity contribution in [2.45, 2.75) is 0 Å². The number of rotatable bonds is 8. The molecule has 2 N–H and O–H groups in total. The van der Waals surface area contributed by atoms with Crippen LogP contribution in [0.15, 0.2) is 54.6 Å². The molecule has 0 unspecified atom stereocenters. The molecular formula is C22H24N4O4. The predicted molar refractivity (Wildman–Crippen MR) is 116 cm³/mol. The van der Waals surface area contributed by atoms with Crippen molar-refractivity contribution in [2.75, 3.05) is 34.3 Å². The third-order valence-electron chi connectivity index (χ3n) is 4.68. The zero-order valence-corrected chi connectivity index (χ0v) is 17.1. The number of methoxy groups -OCH3 is 1. The summed E-state index contributed by atoms with van der Waals surface area (Å²) < 4.78 is 5.19. The number of nitro groups is 1. The van der Waals surface area contributed by atoms with Crippen LogP contribution in [0.5, 0.6) is 5.75 Å². The lowest BCUT2D eigenvalue weighted by Crippen LogP contribution is -2.31. The molecule has 1 heterocycles. The maximum atomic E-state index is 12.9. The highest BCUT2D eigenvalue weighted by Gasteiger charge is 2.23. The third kappa shape index (κ3) is 4.66. The van der Waals surface area contributed by atoms with Crippen molar-refractivity contribution >= 4 is 11.6 Å². The number of carbonyl (C=O) groups is 1. The number of carbonyl (C=O) groups excluding carboxylic acids is 1. The standard InChI is InChI=1S/C22H24N4O4/c1-25(2)13-12-23-22(27)18-14-19(15-8-10-16(30-3)11-9-15)24-21(18)17-6-4-5-7-20(17)26(28)29/h4-11,14,24H,12-13H2,1-3H3,(H,23,27). The number of nitrogens with one attached hydrogen (secondary N) is 2. The van der Waals surface area contributed by atoms with E-state index in [9.17, 15) is 14.9 Å². The van der Waals surface area contributed by atoms with Crippen molar-refractivity contribution in [1.29, 1.82) is 0 Å². The largest absolute Gasteiger partial charge is 0.497 e. The van der Waals surface area contributed by atoms with Crippen LogP contribution in [0.25, 0.3) is 22.5 Å². The van der Waals surface area contributed by atoms with Gasteiger partial charge in [0.2, 0.25) is 0 Å². The fraction of sp³-hybridized carbons (Fsp3) is 0.227. The van der Waals surface area contributed by atoms with Crippen LogP contribution >= 0.6 is 0 Å². The lowest BCUT2D eigenvalue weighted by atomic mass is 10.1. The maximum absolute atomic E-state index is 12.9. The molecule has 0 saturated carbocycles. The van der Waals surface area contributed by atoms with Gasteiger partial charge in [-0.05, 0) is 56.1 Å². The summed E-state index contributed by atoms with van der Waals surface area (Å²) in [4.78, 5) is 29.2. The number of aromatic amines is 1. The minimum atomic E-state index is -0.447. The number of amides is 1. The van der Waals surface area contributed by atoms with Crippen molar-refractivity contribution in [2.24, 2.45) is 0 Å². The number of ether oxygens (including phenoxy) is 1. The topological polar surface area (TPSA) is 100 Å². The van der Waals surface area contributed by atoms with Crippen molar-refractivity contribution in [3.8, 4) is 28.3 Å². The highest BCUT2D eigenvalue weighted by molar-refractivity contribution is 6.02. The van der Waals surface area contributed by atoms with Crippen molar-refractivity contribution in [3.05, 3.63) is 70.3 Å². The number of benzene rings is 2. The summed E-state index contributed by atoms with van der Waals surface area (Å²) in [6, 6.07) is 15.5. The number of nitro benzene ring substituents is 1. The Kier molecular flexibility index (Phi) is 6.48. The normalized spacial score (nSPS) is 10.8. The molecule has 0 radical (unpaired) electrons. The van der Waals surface area contributed by atoms with Crippen LogP contribution in [0.2, 0.25) is 0 Å². The minimum Gasteiger partial charge on any atom is -0.497 e. The van der Waals surface area contributed by atoms with Gasteiger partial charge in [-0.3, -0.25) is 14.9 Å². The van der Waals surface area contributed by atoms with Gasteiger partial charge in [-0.15, -0.1) is 0 Å². The second kappa shape index (κ2) is 9.23. The first-order valence-corrected chi connectivity index (χ1v) is 9.45. The van der Waals surface area contributed by atoms with Gasteiger partial charge in [-0.2, -0.15) is 0 Å². The monoisotopic (exact) mass is 408 g/mol. The number of aromatic nitrogens is 1. The lowest BCUT2D eigenvalue weighted by molar-refractivity contribution is -0.384. The molecule has 0 atom stereocenters. The molecule has 30 heavy (non-hydrogen) atoms. The Balaban J connectivity index is 2.06. The van der Waals surface area contributed by atoms with E-state index in [1.54, 1.807) is 31.4 Å². The molecule has 0 aliphatic rings. The van der Waals surface area contributed by atoms with E-state index in [1.165, 1.54) is 6.07 Å². The van der Waals surface area contributed by atoms with Gasteiger partial charge in [-0.1, -0.05) is 12.1 Å². The van der Waals surface area contributed by atoms with Gasteiger partial charge in [0, 0.05) is 24.8 Å². The highest BCUT2D eigenvalue weighted by atomic mass is 16.6. The first kappa shape index (κ1) is 21.1. The number of H-pyrrole nitrogens is 1. The third-order valence-corrected chi connectivity index (χ3v) is 4.68. The van der Waals surface area contributed by atoms with Crippen molar-refractivity contribution in [1.82, 2.24) is 15.2 Å². The second-order valence-electron chi connectivity index (χ2n) is 7.03. The van der Waals surface area contributed by atoms with E-state index in [0.29, 0.717) is 41.4 Å². The molecule has 8 nitrogen and oxygen atoms in total. The Morgan fingerprint density at radius 1 is 1.17 bits per heavy atom. The van der Waals surface area contributed by atoms with Crippen LogP contribution in [0, 0.1) is 10.1 Å².